The second kappa shape index (κ2) is 12.6. The largest absolute Gasteiger partial charge is 0.478 e. The molecule has 39 heavy (non-hydrogen) atoms. The molecule has 1 aliphatic carbocycles. The number of carboxylic acid groups (broad SMARTS) is 1. The molecule has 0 aromatic heterocycles. The fourth-order valence-corrected chi connectivity index (χ4v) is 5.73. The number of rotatable bonds is 10. The minimum Gasteiger partial charge on any atom is -0.478 e. The van der Waals surface area contributed by atoms with E-state index >= 15 is 0 Å². The molecule has 1 heterocycles. The highest BCUT2D eigenvalue weighted by Gasteiger charge is 2.34. The Balaban J connectivity index is 1.46. The number of benzene rings is 2. The molecule has 2 fully saturated rings. The van der Waals surface area contributed by atoms with Crippen molar-refractivity contribution < 1.29 is 19.4 Å². The lowest BCUT2D eigenvalue weighted by Gasteiger charge is -2.34. The van der Waals surface area contributed by atoms with Crippen LogP contribution >= 0.6 is 23.2 Å². The minimum atomic E-state index is -0.920. The average Bonchev–Trinajstić information content (AvgIpc) is 3.75. The van der Waals surface area contributed by atoms with Crippen LogP contribution in [0.25, 0.3) is 11.3 Å². The van der Waals surface area contributed by atoms with Gasteiger partial charge in [-0.1, -0.05) is 55.3 Å². The molecule has 2 aliphatic rings. The van der Waals surface area contributed by atoms with Gasteiger partial charge in [-0.05, 0) is 73.9 Å². The number of nitrogens with zero attached hydrogens (tertiary/aromatic N) is 1. The second-order valence-corrected chi connectivity index (χ2v) is 11.4. The van der Waals surface area contributed by atoms with Crippen LogP contribution in [0.3, 0.4) is 0 Å². The van der Waals surface area contributed by atoms with Gasteiger partial charge in [0.05, 0.1) is 34.0 Å². The predicted molar refractivity (Wildman–Crippen MR) is 158 cm³/mol. The zero-order valence-corrected chi connectivity index (χ0v) is 24.2. The summed E-state index contributed by atoms with van der Waals surface area (Å²) < 4.78 is 6.26. The van der Waals surface area contributed by atoms with E-state index in [9.17, 15) is 14.7 Å². The summed E-state index contributed by atoms with van der Waals surface area (Å²) in [5, 5.41) is 10.4. The fourth-order valence-electron chi connectivity index (χ4n) is 5.13. The molecule has 3 N–H and O–H groups in total. The first-order valence-corrected chi connectivity index (χ1v) is 14.3. The summed E-state index contributed by atoms with van der Waals surface area (Å²) in [5.74, 6) is -0.728. The smallest absolute Gasteiger partial charge is 0.335 e. The van der Waals surface area contributed by atoms with Crippen LogP contribution in [0.15, 0.2) is 48.0 Å². The summed E-state index contributed by atoms with van der Waals surface area (Å²) in [6.45, 7) is 7.61. The highest BCUT2D eigenvalue weighted by molar-refractivity contribution is 6.37. The Morgan fingerprint density at radius 2 is 1.74 bits per heavy atom. The van der Waals surface area contributed by atoms with Crippen molar-refractivity contribution in [2.45, 2.75) is 58.5 Å². The summed E-state index contributed by atoms with van der Waals surface area (Å²) in [5.41, 5.74) is 10.9. The van der Waals surface area contributed by atoms with Crippen LogP contribution in [0.5, 0.6) is 0 Å². The summed E-state index contributed by atoms with van der Waals surface area (Å²) >= 11 is 12.8. The van der Waals surface area contributed by atoms with Crippen molar-refractivity contribution >= 4 is 51.9 Å². The summed E-state index contributed by atoms with van der Waals surface area (Å²) in [7, 11) is 0. The average molecular weight is 572 g/mol. The third-order valence-corrected chi connectivity index (χ3v) is 8.17. The standard InChI is InChI=1S/C31H36Cl2N2O4/c1-4-22(31(37)38)23-11-10-20(16-24(23)18(2)3)35-14-12-21(13-15-35)39-17-25(30(36)19-8-9-19)29(34)28-26(32)6-5-7-27(28)33/h4-7,10-11,16,18-19,21H,8-9,12-15,17,34H2,1-3H3,(H,37,38)/b22-4+,29-25-. The lowest BCUT2D eigenvalue weighted by Crippen LogP contribution is -2.37. The van der Waals surface area contributed by atoms with Crippen LogP contribution < -0.4 is 10.6 Å². The number of hydrogen-bond acceptors (Lipinski definition) is 5. The molecule has 2 aromatic carbocycles. The first-order valence-electron chi connectivity index (χ1n) is 13.5. The molecular weight excluding hydrogens is 535 g/mol. The van der Waals surface area contributed by atoms with Crippen molar-refractivity contribution in [1.82, 2.24) is 0 Å². The monoisotopic (exact) mass is 570 g/mol. The number of carbonyl (C=O) groups excluding carboxylic acids is 1. The van der Waals surface area contributed by atoms with Crippen LogP contribution in [0.1, 0.15) is 69.1 Å². The maximum atomic E-state index is 13.1. The molecule has 6 nitrogen and oxygen atoms in total. The van der Waals surface area contributed by atoms with Crippen LogP contribution in [0.2, 0.25) is 10.0 Å². The topological polar surface area (TPSA) is 92.9 Å². The van der Waals surface area contributed by atoms with Crippen LogP contribution in [0.4, 0.5) is 5.69 Å². The highest BCUT2D eigenvalue weighted by Crippen LogP contribution is 2.37. The maximum absolute atomic E-state index is 13.1. The summed E-state index contributed by atoms with van der Waals surface area (Å²) in [4.78, 5) is 27.2. The van der Waals surface area contributed by atoms with E-state index in [0.717, 1.165) is 55.6 Å². The quantitative estimate of drug-likeness (QED) is 0.300. The number of ketones is 1. The third-order valence-electron chi connectivity index (χ3n) is 7.54. The van der Waals surface area contributed by atoms with E-state index < -0.39 is 5.97 Å². The molecule has 0 atom stereocenters. The second-order valence-electron chi connectivity index (χ2n) is 10.6. The van der Waals surface area contributed by atoms with Gasteiger partial charge in [0, 0.05) is 35.8 Å². The predicted octanol–water partition coefficient (Wildman–Crippen LogP) is 6.94. The molecule has 1 aliphatic heterocycles. The van der Waals surface area contributed by atoms with Gasteiger partial charge in [-0.3, -0.25) is 4.79 Å². The van der Waals surface area contributed by atoms with E-state index in [2.05, 4.69) is 24.8 Å². The van der Waals surface area contributed by atoms with Crippen molar-refractivity contribution in [1.29, 1.82) is 0 Å². The number of carbonyl (C=O) groups is 2. The van der Waals surface area contributed by atoms with Crippen molar-refractivity contribution in [3.8, 4) is 0 Å². The lowest BCUT2D eigenvalue weighted by molar-refractivity contribution is -0.130. The molecule has 208 valence electrons. The fraction of sp³-hybridized carbons (Fsp3) is 0.419. The van der Waals surface area contributed by atoms with Crippen LogP contribution in [-0.2, 0) is 14.3 Å². The number of carboxylic acids is 1. The van der Waals surface area contributed by atoms with Crippen molar-refractivity contribution in [3.05, 3.63) is 74.8 Å². The Kier molecular flexibility index (Phi) is 9.42. The maximum Gasteiger partial charge on any atom is 0.335 e. The van der Waals surface area contributed by atoms with Gasteiger partial charge in [0.2, 0.25) is 0 Å². The SMILES string of the molecule is C/C=C(/C(=O)O)c1ccc(N2CCC(OC/C(C(=O)C3CC3)=C(/N)c3c(Cl)cccc3Cl)CC2)cc1C(C)C. The normalized spacial score (nSPS) is 17.4. The van der Waals surface area contributed by atoms with E-state index in [1.54, 1.807) is 31.2 Å². The van der Waals surface area contributed by atoms with Gasteiger partial charge in [-0.2, -0.15) is 0 Å². The Labute approximate surface area is 240 Å². The van der Waals surface area contributed by atoms with Gasteiger partial charge < -0.3 is 20.5 Å². The van der Waals surface area contributed by atoms with Gasteiger partial charge >= 0.3 is 5.97 Å². The van der Waals surface area contributed by atoms with Crippen molar-refractivity contribution in [2.24, 2.45) is 11.7 Å². The molecule has 0 radical (unpaired) electrons. The number of anilines is 1. The van der Waals surface area contributed by atoms with Gasteiger partial charge in [0.1, 0.15) is 0 Å². The number of allylic oxidation sites excluding steroid dienone is 1. The zero-order chi connectivity index (χ0) is 28.3. The van der Waals surface area contributed by atoms with E-state index in [1.807, 2.05) is 12.1 Å². The van der Waals surface area contributed by atoms with E-state index in [-0.39, 0.29) is 30.3 Å². The van der Waals surface area contributed by atoms with Crippen LogP contribution in [-0.4, -0.2) is 42.7 Å². The summed E-state index contributed by atoms with van der Waals surface area (Å²) in [6.07, 6.45) is 4.96. The number of aliphatic carboxylic acids is 1. The first kappa shape index (κ1) is 29.2. The molecule has 0 unspecified atom stereocenters. The molecule has 0 amide bonds. The number of hydrogen-bond donors (Lipinski definition) is 2. The molecule has 4 rings (SSSR count). The molecule has 8 heteroatoms. The molecule has 2 aromatic rings. The first-order chi connectivity index (χ1) is 18.6. The lowest BCUT2D eigenvalue weighted by atomic mass is 9.91. The van der Waals surface area contributed by atoms with E-state index in [1.165, 1.54) is 0 Å². The minimum absolute atomic E-state index is 0.00687. The number of Topliss-reactive ketones (excluding diaryl/α,β-unsaturated/α-hetero) is 1. The molecule has 0 bridgehead atoms. The molecule has 1 saturated carbocycles. The number of nitrogens with two attached hydrogens (primary N) is 1. The third kappa shape index (κ3) is 6.68. The van der Waals surface area contributed by atoms with E-state index in [0.29, 0.717) is 32.5 Å². The molecule has 1 saturated heterocycles. The Morgan fingerprint density at radius 1 is 1.10 bits per heavy atom. The zero-order valence-electron chi connectivity index (χ0n) is 22.7. The number of halogens is 2. The van der Waals surface area contributed by atoms with Gasteiger partial charge in [0.15, 0.2) is 5.78 Å². The Hall–Kier alpha value is -2.80. The highest BCUT2D eigenvalue weighted by atomic mass is 35.5. The Bertz CT molecular complexity index is 1290. The van der Waals surface area contributed by atoms with Crippen molar-refractivity contribution in [3.63, 3.8) is 0 Å². The van der Waals surface area contributed by atoms with Crippen molar-refractivity contribution in [2.75, 3.05) is 24.6 Å². The number of piperidine rings is 1. The van der Waals surface area contributed by atoms with Gasteiger partial charge in [0.25, 0.3) is 0 Å². The van der Waals surface area contributed by atoms with Gasteiger partial charge in [-0.25, -0.2) is 4.79 Å². The van der Waals surface area contributed by atoms with E-state index in [4.69, 9.17) is 33.7 Å². The molecular formula is C31H36Cl2N2O4. The molecule has 0 spiro atoms. The summed E-state index contributed by atoms with van der Waals surface area (Å²) in [6, 6.07) is 11.2. The number of ether oxygens (including phenoxy) is 1. The Morgan fingerprint density at radius 3 is 2.28 bits per heavy atom. The van der Waals surface area contributed by atoms with Gasteiger partial charge in [-0.15, -0.1) is 0 Å². The van der Waals surface area contributed by atoms with Crippen LogP contribution in [0, 0.1) is 5.92 Å².